The van der Waals surface area contributed by atoms with E-state index in [1.165, 1.54) is 0 Å². The van der Waals surface area contributed by atoms with Gasteiger partial charge in [-0.1, -0.05) is 12.1 Å². The highest BCUT2D eigenvalue weighted by molar-refractivity contribution is 7.98. The van der Waals surface area contributed by atoms with Crippen molar-refractivity contribution in [3.63, 3.8) is 0 Å². The highest BCUT2D eigenvalue weighted by Gasteiger charge is 2.08. The summed E-state index contributed by atoms with van der Waals surface area (Å²) < 4.78 is 16.7. The minimum Gasteiger partial charge on any atom is -0.492 e. The molecule has 0 aromatic heterocycles. The molecule has 4 heteroatoms. The zero-order valence-electron chi connectivity index (χ0n) is 11.3. The van der Waals surface area contributed by atoms with E-state index in [1.807, 2.05) is 38.3 Å². The van der Waals surface area contributed by atoms with Crippen molar-refractivity contribution >= 4 is 11.8 Å². The summed E-state index contributed by atoms with van der Waals surface area (Å²) in [7, 11) is 0. The minimum atomic E-state index is -0.165. The molecule has 0 heterocycles. The first-order valence-electron chi connectivity index (χ1n) is 6.30. The molecule has 1 aromatic carbocycles. The van der Waals surface area contributed by atoms with E-state index >= 15 is 0 Å². The molecule has 0 fully saturated rings. The fourth-order valence-electron chi connectivity index (χ4n) is 1.59. The maximum Gasteiger partial charge on any atom is 0.160 e. The molecule has 0 saturated heterocycles. The molecular formula is C14H22O3S. The third-order valence-electron chi connectivity index (χ3n) is 2.39. The SMILES string of the molecule is CCOC(CCOc1ccccc1SC)OCC. The summed E-state index contributed by atoms with van der Waals surface area (Å²) in [5, 5.41) is 0. The average molecular weight is 270 g/mol. The molecule has 0 N–H and O–H groups in total. The first-order valence-corrected chi connectivity index (χ1v) is 7.53. The van der Waals surface area contributed by atoms with E-state index in [0.717, 1.165) is 17.1 Å². The topological polar surface area (TPSA) is 27.7 Å². The van der Waals surface area contributed by atoms with E-state index in [2.05, 4.69) is 6.07 Å². The van der Waals surface area contributed by atoms with Crippen LogP contribution in [-0.2, 0) is 9.47 Å². The lowest BCUT2D eigenvalue weighted by atomic mass is 10.3. The summed E-state index contributed by atoms with van der Waals surface area (Å²) in [4.78, 5) is 1.15. The van der Waals surface area contributed by atoms with Gasteiger partial charge in [0.2, 0.25) is 0 Å². The highest BCUT2D eigenvalue weighted by Crippen LogP contribution is 2.26. The monoisotopic (exact) mass is 270 g/mol. The van der Waals surface area contributed by atoms with Gasteiger partial charge in [0.25, 0.3) is 0 Å². The Balaban J connectivity index is 2.39. The molecule has 1 aromatic rings. The quantitative estimate of drug-likeness (QED) is 0.506. The Kier molecular flexibility index (Phi) is 7.89. The molecule has 102 valence electrons. The van der Waals surface area contributed by atoms with Crippen molar-refractivity contribution in [3.8, 4) is 5.75 Å². The molecule has 3 nitrogen and oxygen atoms in total. The Morgan fingerprint density at radius 2 is 1.78 bits per heavy atom. The highest BCUT2D eigenvalue weighted by atomic mass is 32.2. The van der Waals surface area contributed by atoms with Gasteiger partial charge in [0.05, 0.1) is 6.61 Å². The van der Waals surface area contributed by atoms with Gasteiger partial charge in [-0.2, -0.15) is 0 Å². The molecule has 0 unspecified atom stereocenters. The van der Waals surface area contributed by atoms with E-state index in [9.17, 15) is 0 Å². The van der Waals surface area contributed by atoms with Crippen LogP contribution in [0.4, 0.5) is 0 Å². The lowest BCUT2D eigenvalue weighted by Gasteiger charge is -2.17. The van der Waals surface area contributed by atoms with Gasteiger partial charge >= 0.3 is 0 Å². The Hall–Kier alpha value is -0.710. The Bertz CT molecular complexity index is 325. The van der Waals surface area contributed by atoms with Gasteiger partial charge in [-0.05, 0) is 32.2 Å². The van der Waals surface area contributed by atoms with Crippen LogP contribution >= 0.6 is 11.8 Å². The predicted octanol–water partition coefficient (Wildman–Crippen LogP) is 3.58. The maximum atomic E-state index is 5.77. The standard InChI is InChI=1S/C14H22O3S/c1-4-15-14(16-5-2)10-11-17-12-8-6-7-9-13(12)18-3/h6-9,14H,4-5,10-11H2,1-3H3. The van der Waals surface area contributed by atoms with E-state index < -0.39 is 0 Å². The summed E-state index contributed by atoms with van der Waals surface area (Å²) in [6.45, 7) is 5.85. The number of hydrogen-bond acceptors (Lipinski definition) is 4. The van der Waals surface area contributed by atoms with Crippen molar-refractivity contribution in [3.05, 3.63) is 24.3 Å². The van der Waals surface area contributed by atoms with Crippen LogP contribution < -0.4 is 4.74 Å². The third kappa shape index (κ3) is 5.29. The Morgan fingerprint density at radius 3 is 2.39 bits per heavy atom. The molecule has 0 aliphatic rings. The van der Waals surface area contributed by atoms with Crippen molar-refractivity contribution in [2.75, 3.05) is 26.1 Å². The molecule has 0 aliphatic carbocycles. The van der Waals surface area contributed by atoms with Gasteiger partial charge in [0, 0.05) is 24.5 Å². The van der Waals surface area contributed by atoms with Crippen molar-refractivity contribution in [1.82, 2.24) is 0 Å². The van der Waals surface area contributed by atoms with Crippen LogP contribution in [-0.4, -0.2) is 32.4 Å². The number of benzene rings is 1. The average Bonchev–Trinajstić information content (AvgIpc) is 2.40. The molecule has 0 saturated carbocycles. The molecule has 0 atom stereocenters. The van der Waals surface area contributed by atoms with Crippen molar-refractivity contribution < 1.29 is 14.2 Å². The minimum absolute atomic E-state index is 0.165. The molecule has 0 amide bonds. The number of ether oxygens (including phenoxy) is 3. The molecule has 0 radical (unpaired) electrons. The molecule has 0 bridgehead atoms. The number of para-hydroxylation sites is 1. The third-order valence-corrected chi connectivity index (χ3v) is 3.16. The van der Waals surface area contributed by atoms with Gasteiger partial charge in [-0.15, -0.1) is 11.8 Å². The lowest BCUT2D eigenvalue weighted by molar-refractivity contribution is -0.142. The van der Waals surface area contributed by atoms with Crippen molar-refractivity contribution in [2.24, 2.45) is 0 Å². The fourth-order valence-corrected chi connectivity index (χ4v) is 2.13. The fraction of sp³-hybridized carbons (Fsp3) is 0.571. The van der Waals surface area contributed by atoms with Crippen LogP contribution in [0.3, 0.4) is 0 Å². The zero-order valence-corrected chi connectivity index (χ0v) is 12.2. The first-order chi connectivity index (χ1) is 8.81. The van der Waals surface area contributed by atoms with Gasteiger partial charge in [0.15, 0.2) is 6.29 Å². The smallest absolute Gasteiger partial charge is 0.160 e. The number of rotatable bonds is 9. The largest absolute Gasteiger partial charge is 0.492 e. The number of hydrogen-bond donors (Lipinski definition) is 0. The molecular weight excluding hydrogens is 248 g/mol. The van der Waals surface area contributed by atoms with E-state index in [0.29, 0.717) is 19.8 Å². The summed E-state index contributed by atoms with van der Waals surface area (Å²) in [5.74, 6) is 0.928. The van der Waals surface area contributed by atoms with Crippen LogP contribution in [0, 0.1) is 0 Å². The number of thioether (sulfide) groups is 1. The Morgan fingerprint density at radius 1 is 1.11 bits per heavy atom. The van der Waals surface area contributed by atoms with Crippen LogP contribution in [0.5, 0.6) is 5.75 Å². The van der Waals surface area contributed by atoms with Gasteiger partial charge < -0.3 is 14.2 Å². The Labute approximate surface area is 114 Å². The summed E-state index contributed by atoms with van der Waals surface area (Å²) in [5.41, 5.74) is 0. The van der Waals surface area contributed by atoms with E-state index in [-0.39, 0.29) is 6.29 Å². The maximum absolute atomic E-state index is 5.77. The lowest BCUT2D eigenvalue weighted by Crippen LogP contribution is -2.20. The van der Waals surface area contributed by atoms with Gasteiger partial charge in [0.1, 0.15) is 5.75 Å². The van der Waals surface area contributed by atoms with Gasteiger partial charge in [-0.25, -0.2) is 0 Å². The summed E-state index contributed by atoms with van der Waals surface area (Å²) in [6, 6.07) is 8.05. The first kappa shape index (κ1) is 15.3. The van der Waals surface area contributed by atoms with Gasteiger partial charge in [-0.3, -0.25) is 0 Å². The normalized spacial score (nSPS) is 10.9. The van der Waals surface area contributed by atoms with Crippen molar-refractivity contribution in [2.45, 2.75) is 31.5 Å². The second kappa shape index (κ2) is 9.25. The van der Waals surface area contributed by atoms with Crippen molar-refractivity contribution in [1.29, 1.82) is 0 Å². The second-order valence-corrected chi connectivity index (χ2v) is 4.48. The predicted molar refractivity (Wildman–Crippen MR) is 75.4 cm³/mol. The molecule has 0 aliphatic heterocycles. The second-order valence-electron chi connectivity index (χ2n) is 3.63. The summed E-state index contributed by atoms with van der Waals surface area (Å²) in [6.07, 6.45) is 2.62. The molecule has 1 rings (SSSR count). The molecule has 0 spiro atoms. The zero-order chi connectivity index (χ0) is 13.2. The summed E-state index contributed by atoms with van der Waals surface area (Å²) >= 11 is 1.69. The molecule has 18 heavy (non-hydrogen) atoms. The van der Waals surface area contributed by atoms with E-state index in [1.54, 1.807) is 11.8 Å². The van der Waals surface area contributed by atoms with Crippen LogP contribution in [0.25, 0.3) is 0 Å². The van der Waals surface area contributed by atoms with Crippen LogP contribution in [0.2, 0.25) is 0 Å². The van der Waals surface area contributed by atoms with E-state index in [4.69, 9.17) is 14.2 Å². The van der Waals surface area contributed by atoms with Crippen LogP contribution in [0.15, 0.2) is 29.2 Å². The van der Waals surface area contributed by atoms with Crippen LogP contribution in [0.1, 0.15) is 20.3 Å².